The zero-order chi connectivity index (χ0) is 9.14. The molecule has 0 amide bonds. The van der Waals surface area contributed by atoms with Crippen molar-refractivity contribution in [3.8, 4) is 0 Å². The largest absolute Gasteiger partial charge is 0.274 e. The maximum absolute atomic E-state index is 10.5. The third-order valence-corrected chi connectivity index (χ3v) is 2.29. The number of nitro groups is 1. The first-order valence-corrected chi connectivity index (χ1v) is 4.73. The zero-order valence-electron chi connectivity index (χ0n) is 5.83. The predicted octanol–water partition coefficient (Wildman–Crippen LogP) is 3.26. The molecule has 0 aliphatic rings. The molecule has 5 heteroatoms. The summed E-state index contributed by atoms with van der Waals surface area (Å²) in [4.78, 5) is 10.1. The Hall–Kier alpha value is -0.420. The summed E-state index contributed by atoms with van der Waals surface area (Å²) in [7, 11) is 0. The Kier molecular flexibility index (Phi) is 3.22. The summed E-state index contributed by atoms with van der Waals surface area (Å²) in [6.07, 6.45) is 0. The van der Waals surface area contributed by atoms with Crippen LogP contribution in [0.5, 0.6) is 0 Å². The van der Waals surface area contributed by atoms with Crippen molar-refractivity contribution in [1.29, 1.82) is 0 Å². The van der Waals surface area contributed by atoms with Crippen LogP contribution < -0.4 is 0 Å². The van der Waals surface area contributed by atoms with Gasteiger partial charge in [-0.1, -0.05) is 31.9 Å². The molecule has 1 aromatic carbocycles. The molecule has 0 unspecified atom stereocenters. The lowest BCUT2D eigenvalue weighted by Gasteiger charge is -1.97. The van der Waals surface area contributed by atoms with E-state index in [1.165, 1.54) is 11.4 Å². The van der Waals surface area contributed by atoms with Gasteiger partial charge in [0.25, 0.3) is 5.69 Å². The van der Waals surface area contributed by atoms with Crippen molar-refractivity contribution in [1.82, 2.24) is 0 Å². The molecule has 0 heterocycles. The Morgan fingerprint density at radius 3 is 2.67 bits per heavy atom. The third-order valence-electron chi connectivity index (χ3n) is 1.31. The molecule has 0 atom stereocenters. The highest BCUT2D eigenvalue weighted by molar-refractivity contribution is 9.10. The van der Waals surface area contributed by atoms with Crippen LogP contribution in [0.3, 0.4) is 0 Å². The summed E-state index contributed by atoms with van der Waals surface area (Å²) in [6.45, 7) is 0. The maximum atomic E-state index is 10.5. The number of hydrogen-bond acceptors (Lipinski definition) is 2. The topological polar surface area (TPSA) is 43.1 Å². The van der Waals surface area contributed by atoms with E-state index < -0.39 is 4.92 Å². The summed E-state index contributed by atoms with van der Waals surface area (Å²) in [5.41, 5.74) is 0.643. The first-order valence-electron chi connectivity index (χ1n) is 3.02. The average molecular weight is 294 g/mol. The van der Waals surface area contributed by atoms with Crippen LogP contribution >= 0.6 is 31.9 Å². The molecule has 0 aliphatic carbocycles. The molecule has 3 nitrogen and oxygen atoms in total. The summed E-state index contributed by atoms with van der Waals surface area (Å²) < 4.78 is 0.701. The fourth-order valence-corrected chi connectivity index (χ4v) is 1.50. The minimum absolute atomic E-state index is 0.0845. The van der Waals surface area contributed by atoms with Crippen LogP contribution in [0.1, 0.15) is 5.56 Å². The van der Waals surface area contributed by atoms with Gasteiger partial charge in [-0.15, -0.1) is 0 Å². The number of halogens is 2. The van der Waals surface area contributed by atoms with E-state index in [2.05, 4.69) is 31.9 Å². The second-order valence-corrected chi connectivity index (χ2v) is 3.44. The highest BCUT2D eigenvalue weighted by atomic mass is 79.9. The molecule has 1 aromatic rings. The minimum Gasteiger partial charge on any atom is -0.258 e. The molecule has 12 heavy (non-hydrogen) atoms. The number of nitro benzene ring substituents is 1. The van der Waals surface area contributed by atoms with Crippen molar-refractivity contribution in [3.63, 3.8) is 0 Å². The lowest BCUT2D eigenvalue weighted by molar-refractivity contribution is -0.385. The first-order chi connectivity index (χ1) is 5.65. The van der Waals surface area contributed by atoms with E-state index >= 15 is 0 Å². The molecule has 0 aromatic heterocycles. The van der Waals surface area contributed by atoms with Crippen molar-refractivity contribution in [2.24, 2.45) is 0 Å². The highest BCUT2D eigenvalue weighted by Crippen LogP contribution is 2.25. The van der Waals surface area contributed by atoms with E-state index in [9.17, 15) is 10.1 Å². The summed E-state index contributed by atoms with van der Waals surface area (Å²) in [5, 5.41) is 12.0. The molecule has 0 fully saturated rings. The van der Waals surface area contributed by atoms with Crippen LogP contribution in [-0.2, 0) is 0 Å². The Labute approximate surface area is 86.2 Å². The van der Waals surface area contributed by atoms with Gasteiger partial charge in [0.15, 0.2) is 0 Å². The summed E-state index contributed by atoms with van der Waals surface area (Å²) in [5.74, 6) is 0. The van der Waals surface area contributed by atoms with Gasteiger partial charge in [0, 0.05) is 16.1 Å². The molecule has 63 valence electrons. The Balaban J connectivity index is 3.21. The summed E-state index contributed by atoms with van der Waals surface area (Å²) >= 11 is 6.22. The fourth-order valence-electron chi connectivity index (χ4n) is 0.767. The van der Waals surface area contributed by atoms with Gasteiger partial charge in [-0.2, -0.15) is 0 Å². The minimum atomic E-state index is -0.419. The average Bonchev–Trinajstić information content (AvgIpc) is 2.04. The third kappa shape index (κ3) is 2.04. The molecular weight excluding hydrogens is 290 g/mol. The van der Waals surface area contributed by atoms with E-state index in [4.69, 9.17) is 0 Å². The van der Waals surface area contributed by atoms with Crippen molar-refractivity contribution >= 4 is 37.5 Å². The zero-order valence-corrected chi connectivity index (χ0v) is 9.00. The van der Waals surface area contributed by atoms with Gasteiger partial charge in [0.1, 0.15) is 0 Å². The van der Waals surface area contributed by atoms with Crippen molar-refractivity contribution in [2.45, 2.75) is 0 Å². The van der Waals surface area contributed by atoms with Crippen LogP contribution in [0.4, 0.5) is 5.69 Å². The standard InChI is InChI=1S/C7H4Br2NO2/c8-4-5-1-2-6(9)3-7(5)10(11)12/h1-4H. The van der Waals surface area contributed by atoms with Crippen LogP contribution in [0.2, 0.25) is 0 Å². The van der Waals surface area contributed by atoms with Crippen molar-refractivity contribution in [2.75, 3.05) is 0 Å². The Morgan fingerprint density at radius 2 is 2.17 bits per heavy atom. The fraction of sp³-hybridized carbons (Fsp3) is 0. The van der Waals surface area contributed by atoms with Gasteiger partial charge in [0.05, 0.1) is 10.3 Å². The molecule has 0 bridgehead atoms. The molecule has 0 saturated heterocycles. The van der Waals surface area contributed by atoms with E-state index in [1.807, 2.05) is 0 Å². The van der Waals surface area contributed by atoms with Crippen molar-refractivity contribution in [3.05, 3.63) is 43.7 Å². The predicted molar refractivity (Wildman–Crippen MR) is 53.1 cm³/mol. The molecule has 1 radical (unpaired) electrons. The number of hydrogen-bond donors (Lipinski definition) is 0. The molecule has 0 spiro atoms. The van der Waals surface area contributed by atoms with Gasteiger partial charge in [-0.25, -0.2) is 0 Å². The highest BCUT2D eigenvalue weighted by Gasteiger charge is 2.12. The maximum Gasteiger partial charge on any atom is 0.274 e. The van der Waals surface area contributed by atoms with Crippen LogP contribution in [0.15, 0.2) is 22.7 Å². The molecule has 0 aliphatic heterocycles. The smallest absolute Gasteiger partial charge is 0.258 e. The molecule has 1 rings (SSSR count). The number of rotatable bonds is 2. The SMILES string of the molecule is O=[N+]([O-])c1cc(Br)ccc1[CH]Br. The summed E-state index contributed by atoms with van der Waals surface area (Å²) in [6, 6.07) is 4.88. The van der Waals surface area contributed by atoms with Crippen LogP contribution in [0.25, 0.3) is 0 Å². The number of nitrogens with zero attached hydrogens (tertiary/aromatic N) is 1. The van der Waals surface area contributed by atoms with Gasteiger partial charge < -0.3 is 0 Å². The van der Waals surface area contributed by atoms with E-state index in [-0.39, 0.29) is 5.69 Å². The van der Waals surface area contributed by atoms with Gasteiger partial charge in [-0.3, -0.25) is 10.1 Å². The Bertz CT molecular complexity index is 314. The molecular formula is C7H4Br2NO2. The van der Waals surface area contributed by atoms with Gasteiger partial charge in [0.2, 0.25) is 0 Å². The van der Waals surface area contributed by atoms with Crippen molar-refractivity contribution < 1.29 is 4.92 Å². The second-order valence-electron chi connectivity index (χ2n) is 2.07. The van der Waals surface area contributed by atoms with E-state index in [1.54, 1.807) is 12.1 Å². The number of benzene rings is 1. The molecule has 0 saturated carbocycles. The lowest BCUT2D eigenvalue weighted by Crippen LogP contribution is -1.91. The molecule has 0 N–H and O–H groups in total. The van der Waals surface area contributed by atoms with Crippen LogP contribution in [0, 0.1) is 15.4 Å². The van der Waals surface area contributed by atoms with E-state index in [0.29, 0.717) is 10.0 Å². The van der Waals surface area contributed by atoms with Gasteiger partial charge in [-0.05, 0) is 12.1 Å². The lowest BCUT2D eigenvalue weighted by atomic mass is 10.2. The Morgan fingerprint density at radius 1 is 1.50 bits per heavy atom. The van der Waals surface area contributed by atoms with E-state index in [0.717, 1.165) is 0 Å². The van der Waals surface area contributed by atoms with Gasteiger partial charge >= 0.3 is 0 Å². The quantitative estimate of drug-likeness (QED) is 0.620. The normalized spacial score (nSPS) is 9.83. The van der Waals surface area contributed by atoms with Crippen LogP contribution in [-0.4, -0.2) is 4.92 Å². The second kappa shape index (κ2) is 4.00. The first kappa shape index (κ1) is 9.67. The monoisotopic (exact) mass is 292 g/mol.